The van der Waals surface area contributed by atoms with Crippen molar-refractivity contribution in [1.82, 2.24) is 0 Å². The quantitative estimate of drug-likeness (QED) is 0.875. The van der Waals surface area contributed by atoms with Gasteiger partial charge in [-0.1, -0.05) is 35.8 Å². The molecular weight excluding hydrogens is 240 g/mol. The summed E-state index contributed by atoms with van der Waals surface area (Å²) in [6.45, 7) is 4.65. The molecule has 0 aliphatic heterocycles. The average Bonchev–Trinajstić information content (AvgIpc) is 2.14. The van der Waals surface area contributed by atoms with Gasteiger partial charge >= 0.3 is 0 Å². The fourth-order valence-corrected chi connectivity index (χ4v) is 1.99. The van der Waals surface area contributed by atoms with Gasteiger partial charge in [-0.05, 0) is 42.0 Å². The molecule has 2 heteroatoms. The van der Waals surface area contributed by atoms with E-state index in [2.05, 4.69) is 48.0 Å². The first-order chi connectivity index (χ1) is 6.63. The third-order valence-corrected chi connectivity index (χ3v) is 2.73. The van der Waals surface area contributed by atoms with Crippen LogP contribution in [0.25, 0.3) is 0 Å². The smallest absolute Gasteiger partial charge is 0.0434 e. The number of aryl methyl sites for hydroxylation is 1. The van der Waals surface area contributed by atoms with E-state index in [-0.39, 0.29) is 6.61 Å². The highest BCUT2D eigenvalue weighted by molar-refractivity contribution is 9.10. The number of aliphatic hydroxyl groups excluding tert-OH is 1. The van der Waals surface area contributed by atoms with Crippen molar-refractivity contribution in [2.45, 2.75) is 32.6 Å². The Labute approximate surface area is 94.3 Å². The van der Waals surface area contributed by atoms with Gasteiger partial charge in [0.05, 0.1) is 0 Å². The largest absolute Gasteiger partial charge is 0.396 e. The zero-order valence-corrected chi connectivity index (χ0v) is 10.3. The van der Waals surface area contributed by atoms with Crippen LogP contribution in [0.3, 0.4) is 0 Å². The van der Waals surface area contributed by atoms with E-state index < -0.39 is 0 Å². The van der Waals surface area contributed by atoms with Gasteiger partial charge in [-0.15, -0.1) is 0 Å². The van der Waals surface area contributed by atoms with Crippen molar-refractivity contribution in [2.75, 3.05) is 6.61 Å². The topological polar surface area (TPSA) is 20.2 Å². The molecule has 0 atom stereocenters. The Morgan fingerprint density at radius 1 is 1.29 bits per heavy atom. The first-order valence-electron chi connectivity index (χ1n) is 5.03. The predicted octanol–water partition coefficient (Wildman–Crippen LogP) is 3.50. The lowest BCUT2D eigenvalue weighted by molar-refractivity contribution is 0.288. The number of benzene rings is 1. The fraction of sp³-hybridized carbons (Fsp3) is 0.500. The van der Waals surface area contributed by atoms with E-state index in [1.807, 2.05) is 0 Å². The fourth-order valence-electron chi connectivity index (χ4n) is 1.44. The molecule has 0 saturated carbocycles. The Balaban J connectivity index is 2.84. The van der Waals surface area contributed by atoms with Gasteiger partial charge < -0.3 is 5.11 Å². The van der Waals surface area contributed by atoms with Crippen LogP contribution in [-0.4, -0.2) is 11.7 Å². The zero-order valence-electron chi connectivity index (χ0n) is 8.76. The molecule has 0 heterocycles. The molecular formula is C12H17BrO. The van der Waals surface area contributed by atoms with Gasteiger partial charge in [0.1, 0.15) is 0 Å². The summed E-state index contributed by atoms with van der Waals surface area (Å²) in [4.78, 5) is 0. The molecule has 1 rings (SSSR count). The third-order valence-electron chi connectivity index (χ3n) is 2.27. The van der Waals surface area contributed by atoms with Crippen molar-refractivity contribution in [3.05, 3.63) is 33.8 Å². The predicted molar refractivity (Wildman–Crippen MR) is 63.6 cm³/mol. The van der Waals surface area contributed by atoms with E-state index in [0.29, 0.717) is 5.92 Å². The highest BCUT2D eigenvalue weighted by atomic mass is 79.9. The van der Waals surface area contributed by atoms with E-state index in [0.717, 1.165) is 17.3 Å². The maximum atomic E-state index is 8.76. The third kappa shape index (κ3) is 3.43. The molecule has 14 heavy (non-hydrogen) atoms. The molecule has 0 fully saturated rings. The van der Waals surface area contributed by atoms with E-state index in [4.69, 9.17) is 5.11 Å². The van der Waals surface area contributed by atoms with Gasteiger partial charge in [0, 0.05) is 11.1 Å². The van der Waals surface area contributed by atoms with Crippen LogP contribution >= 0.6 is 15.9 Å². The number of aliphatic hydroxyl groups is 1. The van der Waals surface area contributed by atoms with Crippen LogP contribution in [0.5, 0.6) is 0 Å². The Hall–Kier alpha value is -0.340. The number of hydrogen-bond donors (Lipinski definition) is 1. The molecule has 1 nitrogen and oxygen atoms in total. The lowest BCUT2D eigenvalue weighted by Gasteiger charge is -2.09. The van der Waals surface area contributed by atoms with Crippen molar-refractivity contribution < 1.29 is 5.11 Å². The van der Waals surface area contributed by atoms with Crippen LogP contribution in [0, 0.1) is 0 Å². The molecule has 78 valence electrons. The molecule has 0 spiro atoms. The molecule has 1 aromatic carbocycles. The Bertz CT molecular complexity index is 294. The minimum absolute atomic E-state index is 0.267. The molecule has 0 aromatic heterocycles. The molecule has 1 N–H and O–H groups in total. The maximum Gasteiger partial charge on any atom is 0.0434 e. The number of halogens is 1. The second-order valence-corrected chi connectivity index (χ2v) is 4.79. The molecule has 0 bridgehead atoms. The Morgan fingerprint density at radius 3 is 2.57 bits per heavy atom. The van der Waals surface area contributed by atoms with Crippen LogP contribution in [0.1, 0.15) is 37.3 Å². The Kier molecular flexibility index (Phi) is 4.63. The molecule has 0 saturated heterocycles. The highest BCUT2D eigenvalue weighted by Gasteiger charge is 2.02. The van der Waals surface area contributed by atoms with E-state index in [1.54, 1.807) is 0 Å². The van der Waals surface area contributed by atoms with Gasteiger partial charge in [-0.3, -0.25) is 0 Å². The summed E-state index contributed by atoms with van der Waals surface area (Å²) in [7, 11) is 0. The van der Waals surface area contributed by atoms with Crippen LogP contribution in [0.4, 0.5) is 0 Å². The van der Waals surface area contributed by atoms with Crippen molar-refractivity contribution in [3.8, 4) is 0 Å². The normalized spacial score (nSPS) is 10.9. The Morgan fingerprint density at radius 2 is 2.00 bits per heavy atom. The van der Waals surface area contributed by atoms with Crippen molar-refractivity contribution in [1.29, 1.82) is 0 Å². The molecule has 0 unspecified atom stereocenters. The zero-order chi connectivity index (χ0) is 10.6. The molecule has 0 amide bonds. The van der Waals surface area contributed by atoms with Gasteiger partial charge in [0.25, 0.3) is 0 Å². The monoisotopic (exact) mass is 256 g/mol. The van der Waals surface area contributed by atoms with E-state index in [9.17, 15) is 0 Å². The van der Waals surface area contributed by atoms with Crippen LogP contribution in [0.2, 0.25) is 0 Å². The number of hydrogen-bond acceptors (Lipinski definition) is 1. The first kappa shape index (κ1) is 11.7. The lowest BCUT2D eigenvalue weighted by atomic mass is 9.99. The summed E-state index contributed by atoms with van der Waals surface area (Å²) in [5.74, 6) is 0.556. The van der Waals surface area contributed by atoms with Crippen molar-refractivity contribution in [2.24, 2.45) is 0 Å². The molecule has 0 aliphatic rings. The van der Waals surface area contributed by atoms with Crippen LogP contribution < -0.4 is 0 Å². The van der Waals surface area contributed by atoms with Crippen LogP contribution in [-0.2, 0) is 6.42 Å². The number of rotatable bonds is 4. The highest BCUT2D eigenvalue weighted by Crippen LogP contribution is 2.22. The summed E-state index contributed by atoms with van der Waals surface area (Å²) in [6.07, 6.45) is 1.80. The lowest BCUT2D eigenvalue weighted by Crippen LogP contribution is -1.93. The maximum absolute atomic E-state index is 8.76. The van der Waals surface area contributed by atoms with Gasteiger partial charge in [-0.25, -0.2) is 0 Å². The molecule has 0 aliphatic carbocycles. The minimum Gasteiger partial charge on any atom is -0.396 e. The summed E-state index contributed by atoms with van der Waals surface area (Å²) >= 11 is 3.51. The van der Waals surface area contributed by atoms with E-state index >= 15 is 0 Å². The molecule has 0 radical (unpaired) electrons. The van der Waals surface area contributed by atoms with Gasteiger partial charge in [-0.2, -0.15) is 0 Å². The van der Waals surface area contributed by atoms with Crippen molar-refractivity contribution >= 4 is 15.9 Å². The standard InChI is InChI=1S/C12H17BrO/c1-9(2)11-6-10(4-3-5-14)7-12(13)8-11/h6-9,14H,3-5H2,1-2H3. The van der Waals surface area contributed by atoms with Crippen LogP contribution in [0.15, 0.2) is 22.7 Å². The first-order valence-corrected chi connectivity index (χ1v) is 5.83. The SMILES string of the molecule is CC(C)c1cc(Br)cc(CCCO)c1. The second kappa shape index (κ2) is 5.52. The van der Waals surface area contributed by atoms with Crippen molar-refractivity contribution in [3.63, 3.8) is 0 Å². The van der Waals surface area contributed by atoms with Gasteiger partial charge in [0.2, 0.25) is 0 Å². The minimum atomic E-state index is 0.267. The second-order valence-electron chi connectivity index (χ2n) is 3.87. The summed E-state index contributed by atoms with van der Waals surface area (Å²) in [5, 5.41) is 8.76. The van der Waals surface area contributed by atoms with E-state index in [1.165, 1.54) is 11.1 Å². The summed E-state index contributed by atoms with van der Waals surface area (Å²) in [6, 6.07) is 6.51. The van der Waals surface area contributed by atoms with Gasteiger partial charge in [0.15, 0.2) is 0 Å². The molecule has 1 aromatic rings. The summed E-state index contributed by atoms with van der Waals surface area (Å²) < 4.78 is 1.14. The average molecular weight is 257 g/mol. The summed E-state index contributed by atoms with van der Waals surface area (Å²) in [5.41, 5.74) is 2.66.